The molecule has 1 aliphatic rings. The largest absolute Gasteiger partial charge is 0.313 e. The van der Waals surface area contributed by atoms with Crippen LogP contribution in [0.2, 0.25) is 0 Å². The van der Waals surface area contributed by atoms with E-state index in [0.717, 1.165) is 25.8 Å². The van der Waals surface area contributed by atoms with Crippen LogP contribution < -0.4 is 10.5 Å². The lowest BCUT2D eigenvalue weighted by molar-refractivity contribution is 0.423. The smallest absolute Gasteiger partial charge is 0.210 e. The molecule has 0 radical (unpaired) electrons. The number of hydrogen-bond donors (Lipinski definition) is 2. The zero-order chi connectivity index (χ0) is 8.32. The van der Waals surface area contributed by atoms with Crippen LogP contribution in [0.25, 0.3) is 0 Å². The van der Waals surface area contributed by atoms with Crippen LogP contribution >= 0.6 is 0 Å². The first kappa shape index (κ1) is 8.96. The lowest BCUT2D eigenvalue weighted by Gasteiger charge is -2.21. The van der Waals surface area contributed by atoms with Gasteiger partial charge in [0.15, 0.2) is 0 Å². The fourth-order valence-corrected chi connectivity index (χ4v) is 2.19. The summed E-state index contributed by atoms with van der Waals surface area (Å²) in [5.74, 6) is 0.0764. The summed E-state index contributed by atoms with van der Waals surface area (Å²) < 4.78 is 21.3. The fraction of sp³-hybridized carbons (Fsp3) is 1.00. The monoisotopic (exact) mass is 178 g/mol. The summed E-state index contributed by atoms with van der Waals surface area (Å²) in [5.41, 5.74) is 0. The maximum atomic E-state index is 10.6. The summed E-state index contributed by atoms with van der Waals surface area (Å²) >= 11 is 0. The summed E-state index contributed by atoms with van der Waals surface area (Å²) in [7, 11) is -3.29. The number of nitrogens with one attached hydrogen (secondary N) is 1. The molecule has 4 nitrogen and oxygen atoms in total. The van der Waals surface area contributed by atoms with Crippen molar-refractivity contribution in [3.63, 3.8) is 0 Å². The van der Waals surface area contributed by atoms with Gasteiger partial charge in [-0.3, -0.25) is 0 Å². The Morgan fingerprint density at radius 1 is 1.45 bits per heavy atom. The van der Waals surface area contributed by atoms with Gasteiger partial charge in [0.2, 0.25) is 10.0 Å². The lowest BCUT2D eigenvalue weighted by Crippen LogP contribution is -2.41. The third-order valence-corrected chi connectivity index (χ3v) is 2.71. The lowest BCUT2D eigenvalue weighted by atomic mass is 10.1. The molecule has 0 aromatic carbocycles. The fourth-order valence-electron chi connectivity index (χ4n) is 1.35. The molecule has 1 saturated heterocycles. The van der Waals surface area contributed by atoms with E-state index in [4.69, 9.17) is 5.14 Å². The van der Waals surface area contributed by atoms with E-state index in [-0.39, 0.29) is 11.8 Å². The number of primary sulfonamides is 1. The molecule has 0 aliphatic carbocycles. The average Bonchev–Trinajstić information content (AvgIpc) is 1.85. The van der Waals surface area contributed by atoms with Crippen molar-refractivity contribution in [2.45, 2.75) is 25.3 Å². The minimum absolute atomic E-state index is 0.0764. The molecule has 0 amide bonds. The summed E-state index contributed by atoms with van der Waals surface area (Å²) in [4.78, 5) is 0. The van der Waals surface area contributed by atoms with Crippen molar-refractivity contribution in [1.29, 1.82) is 0 Å². The molecule has 1 aliphatic heterocycles. The Kier molecular flexibility index (Phi) is 2.86. The van der Waals surface area contributed by atoms with E-state index >= 15 is 0 Å². The van der Waals surface area contributed by atoms with Crippen LogP contribution in [0.5, 0.6) is 0 Å². The standard InChI is InChI=1S/C6H14N2O2S/c7-11(9,10)5-6-3-1-2-4-8-6/h6,8H,1-5H2,(H2,7,9,10)/t6-/m0/s1. The molecule has 0 aromatic heterocycles. The highest BCUT2D eigenvalue weighted by molar-refractivity contribution is 7.89. The Balaban J connectivity index is 2.36. The summed E-state index contributed by atoms with van der Waals surface area (Å²) in [6.45, 7) is 0.917. The number of sulfonamides is 1. The molecule has 3 N–H and O–H groups in total. The van der Waals surface area contributed by atoms with Crippen LogP contribution in [-0.2, 0) is 10.0 Å². The van der Waals surface area contributed by atoms with Gasteiger partial charge in [0.25, 0.3) is 0 Å². The average molecular weight is 178 g/mol. The van der Waals surface area contributed by atoms with Gasteiger partial charge in [-0.2, -0.15) is 0 Å². The first-order valence-corrected chi connectivity index (χ1v) is 5.53. The molecule has 1 fully saturated rings. The van der Waals surface area contributed by atoms with Gasteiger partial charge in [-0.1, -0.05) is 6.42 Å². The van der Waals surface area contributed by atoms with Crippen molar-refractivity contribution < 1.29 is 8.42 Å². The molecule has 0 saturated carbocycles. The van der Waals surface area contributed by atoms with E-state index in [1.807, 2.05) is 0 Å². The third kappa shape index (κ3) is 3.69. The van der Waals surface area contributed by atoms with Crippen LogP contribution in [0, 0.1) is 0 Å². The number of piperidine rings is 1. The number of hydrogen-bond acceptors (Lipinski definition) is 3. The highest BCUT2D eigenvalue weighted by Crippen LogP contribution is 2.07. The minimum Gasteiger partial charge on any atom is -0.313 e. The second kappa shape index (κ2) is 3.51. The van der Waals surface area contributed by atoms with E-state index < -0.39 is 10.0 Å². The topological polar surface area (TPSA) is 72.2 Å². The quantitative estimate of drug-likeness (QED) is 0.594. The molecule has 0 spiro atoms. The summed E-state index contributed by atoms with van der Waals surface area (Å²) in [5, 5.41) is 8.01. The van der Waals surface area contributed by atoms with Gasteiger partial charge in [-0.05, 0) is 19.4 Å². The van der Waals surface area contributed by atoms with E-state index in [1.54, 1.807) is 0 Å². The summed E-state index contributed by atoms with van der Waals surface area (Å²) in [6.07, 6.45) is 3.17. The Labute approximate surface area is 67.2 Å². The van der Waals surface area contributed by atoms with Crippen molar-refractivity contribution in [2.24, 2.45) is 5.14 Å². The van der Waals surface area contributed by atoms with Gasteiger partial charge >= 0.3 is 0 Å². The highest BCUT2D eigenvalue weighted by atomic mass is 32.2. The third-order valence-electron chi connectivity index (χ3n) is 1.85. The molecule has 1 rings (SSSR count). The Morgan fingerprint density at radius 3 is 2.64 bits per heavy atom. The van der Waals surface area contributed by atoms with E-state index in [1.165, 1.54) is 0 Å². The van der Waals surface area contributed by atoms with Gasteiger partial charge in [0.1, 0.15) is 0 Å². The predicted molar refractivity (Wildman–Crippen MR) is 43.6 cm³/mol. The van der Waals surface area contributed by atoms with Gasteiger partial charge in [0, 0.05) is 6.04 Å². The normalized spacial score (nSPS) is 26.8. The molecule has 11 heavy (non-hydrogen) atoms. The van der Waals surface area contributed by atoms with Crippen LogP contribution in [0.1, 0.15) is 19.3 Å². The molecule has 5 heteroatoms. The van der Waals surface area contributed by atoms with Crippen molar-refractivity contribution in [1.82, 2.24) is 5.32 Å². The van der Waals surface area contributed by atoms with Gasteiger partial charge in [-0.25, -0.2) is 13.6 Å². The number of nitrogens with two attached hydrogens (primary N) is 1. The van der Waals surface area contributed by atoms with Crippen LogP contribution in [0.4, 0.5) is 0 Å². The van der Waals surface area contributed by atoms with Gasteiger partial charge in [0.05, 0.1) is 5.75 Å². The molecular weight excluding hydrogens is 164 g/mol. The second-order valence-electron chi connectivity index (χ2n) is 2.98. The maximum Gasteiger partial charge on any atom is 0.210 e. The number of rotatable bonds is 2. The first-order valence-electron chi connectivity index (χ1n) is 3.82. The Hall–Kier alpha value is -0.130. The zero-order valence-corrected chi connectivity index (χ0v) is 7.23. The molecular formula is C6H14N2O2S. The molecule has 1 atom stereocenters. The van der Waals surface area contributed by atoms with E-state index in [0.29, 0.717) is 0 Å². The molecule has 0 aromatic rings. The maximum absolute atomic E-state index is 10.6. The van der Waals surface area contributed by atoms with Gasteiger partial charge < -0.3 is 5.32 Å². The Bertz CT molecular complexity index is 207. The predicted octanol–water partition coefficient (Wildman–Crippen LogP) is -0.583. The van der Waals surface area contributed by atoms with Crippen molar-refractivity contribution in [3.05, 3.63) is 0 Å². The van der Waals surface area contributed by atoms with Crippen molar-refractivity contribution >= 4 is 10.0 Å². The van der Waals surface area contributed by atoms with Crippen molar-refractivity contribution in [3.8, 4) is 0 Å². The van der Waals surface area contributed by atoms with Crippen LogP contribution in [0.3, 0.4) is 0 Å². The minimum atomic E-state index is -3.29. The highest BCUT2D eigenvalue weighted by Gasteiger charge is 2.17. The van der Waals surface area contributed by atoms with Crippen LogP contribution in [-0.4, -0.2) is 26.8 Å². The van der Waals surface area contributed by atoms with Gasteiger partial charge in [-0.15, -0.1) is 0 Å². The van der Waals surface area contributed by atoms with E-state index in [9.17, 15) is 8.42 Å². The summed E-state index contributed by atoms with van der Waals surface area (Å²) in [6, 6.07) is 0.0822. The molecule has 0 bridgehead atoms. The van der Waals surface area contributed by atoms with Crippen molar-refractivity contribution in [2.75, 3.05) is 12.3 Å². The Morgan fingerprint density at radius 2 is 2.18 bits per heavy atom. The second-order valence-corrected chi connectivity index (χ2v) is 4.64. The molecule has 0 unspecified atom stereocenters. The first-order chi connectivity index (χ1) is 5.08. The zero-order valence-electron chi connectivity index (χ0n) is 6.41. The van der Waals surface area contributed by atoms with Crippen LogP contribution in [0.15, 0.2) is 0 Å². The van der Waals surface area contributed by atoms with E-state index in [2.05, 4.69) is 5.32 Å². The molecule has 66 valence electrons. The molecule has 1 heterocycles. The SMILES string of the molecule is NS(=O)(=O)C[C@@H]1CCCCN1.